The fraction of sp³-hybridized carbons (Fsp3) is 0.920. The number of hydrogen-bond acceptors (Lipinski definition) is 5. The molecule has 0 N–H and O–H groups in total. The molecular formula is C25H38O5. The summed E-state index contributed by atoms with van der Waals surface area (Å²) in [7, 11) is 1.35. The number of hydrogen-bond donors (Lipinski definition) is 0. The Balaban J connectivity index is 1.31. The molecule has 1 saturated heterocycles. The zero-order valence-corrected chi connectivity index (χ0v) is 19.1. The summed E-state index contributed by atoms with van der Waals surface area (Å²) < 4.78 is 16.7. The molecular weight excluding hydrogens is 380 g/mol. The second kappa shape index (κ2) is 6.70. The van der Waals surface area contributed by atoms with Crippen LogP contribution in [0.15, 0.2) is 0 Å². The van der Waals surface area contributed by atoms with Crippen molar-refractivity contribution in [1.82, 2.24) is 0 Å². The van der Waals surface area contributed by atoms with Crippen LogP contribution in [-0.2, 0) is 23.8 Å². The van der Waals surface area contributed by atoms with Crippen molar-refractivity contribution in [3.63, 3.8) is 0 Å². The summed E-state index contributed by atoms with van der Waals surface area (Å²) in [6.45, 7) is 7.85. The standard InChI is InChI=1S/C25H38O5/c1-22-12-8-17-24(3)11-5-10-23(2,15-29-19(27)7-6-18(26)28-4)16(24)9-13-25(17,14-22)21-20(22)30-21/h16-17,20-21H,5-15H2,1-4H3/t16-,17+,20+,21-,22+,23+,24-,25+/m1/s1. The van der Waals surface area contributed by atoms with Crippen LogP contribution in [0.2, 0.25) is 0 Å². The van der Waals surface area contributed by atoms with Crippen molar-refractivity contribution in [1.29, 1.82) is 0 Å². The van der Waals surface area contributed by atoms with Gasteiger partial charge in [0.1, 0.15) is 0 Å². The molecule has 5 nitrogen and oxygen atoms in total. The van der Waals surface area contributed by atoms with E-state index in [4.69, 9.17) is 9.47 Å². The van der Waals surface area contributed by atoms with Gasteiger partial charge in [0.2, 0.25) is 0 Å². The highest BCUT2D eigenvalue weighted by atomic mass is 16.6. The first-order valence-corrected chi connectivity index (χ1v) is 12.0. The minimum absolute atomic E-state index is 0.0265. The first kappa shape index (κ1) is 20.8. The maximum absolute atomic E-state index is 12.3. The van der Waals surface area contributed by atoms with Gasteiger partial charge in [-0.3, -0.25) is 9.59 Å². The number of carbonyl (C=O) groups is 2. The quantitative estimate of drug-likeness (QED) is 0.480. The van der Waals surface area contributed by atoms with Crippen LogP contribution in [0.5, 0.6) is 0 Å². The third-order valence-electron chi connectivity index (χ3n) is 10.3. The van der Waals surface area contributed by atoms with Gasteiger partial charge < -0.3 is 14.2 Å². The fourth-order valence-electron chi connectivity index (χ4n) is 9.06. The van der Waals surface area contributed by atoms with Gasteiger partial charge in [0.15, 0.2) is 0 Å². The lowest BCUT2D eigenvalue weighted by molar-refractivity contribution is -0.188. The Morgan fingerprint density at radius 1 is 0.933 bits per heavy atom. The summed E-state index contributed by atoms with van der Waals surface area (Å²) >= 11 is 0. The zero-order chi connectivity index (χ0) is 21.4. The number of carbonyl (C=O) groups excluding carboxylic acids is 2. The van der Waals surface area contributed by atoms with Gasteiger partial charge in [0.05, 0.1) is 38.8 Å². The number of fused-ring (bicyclic) bond motifs is 5. The van der Waals surface area contributed by atoms with Crippen LogP contribution >= 0.6 is 0 Å². The largest absolute Gasteiger partial charge is 0.469 e. The lowest BCUT2D eigenvalue weighted by Gasteiger charge is -2.65. The highest BCUT2D eigenvalue weighted by Crippen LogP contribution is 2.78. The van der Waals surface area contributed by atoms with Gasteiger partial charge in [0.25, 0.3) is 0 Å². The van der Waals surface area contributed by atoms with E-state index < -0.39 is 0 Å². The molecule has 5 rings (SSSR count). The molecule has 0 unspecified atom stereocenters. The van der Waals surface area contributed by atoms with Crippen molar-refractivity contribution in [3.8, 4) is 0 Å². The van der Waals surface area contributed by atoms with E-state index in [1.165, 1.54) is 52.1 Å². The third kappa shape index (κ3) is 2.83. The maximum atomic E-state index is 12.3. The van der Waals surface area contributed by atoms with Crippen molar-refractivity contribution >= 4 is 11.9 Å². The summed E-state index contributed by atoms with van der Waals surface area (Å²) in [5, 5.41) is 0. The lowest BCUT2D eigenvalue weighted by atomic mass is 9.40. The molecule has 1 aliphatic heterocycles. The first-order valence-electron chi connectivity index (χ1n) is 12.0. The van der Waals surface area contributed by atoms with Gasteiger partial charge in [-0.2, -0.15) is 0 Å². The second-order valence-corrected chi connectivity index (χ2v) is 12.0. The average Bonchev–Trinajstić information content (AvgIpc) is 3.49. The van der Waals surface area contributed by atoms with Gasteiger partial charge in [-0.15, -0.1) is 0 Å². The van der Waals surface area contributed by atoms with Crippen LogP contribution < -0.4 is 0 Å². The van der Waals surface area contributed by atoms with E-state index in [0.29, 0.717) is 41.0 Å². The molecule has 4 aliphatic carbocycles. The Bertz CT molecular complexity index is 750. The summed E-state index contributed by atoms with van der Waals surface area (Å²) in [6.07, 6.45) is 11.4. The number of rotatable bonds is 5. The number of methoxy groups -OCH3 is 1. The Kier molecular flexibility index (Phi) is 4.64. The number of epoxide rings is 1. The predicted molar refractivity (Wildman–Crippen MR) is 112 cm³/mol. The van der Waals surface area contributed by atoms with E-state index in [-0.39, 0.29) is 30.2 Å². The zero-order valence-electron chi connectivity index (χ0n) is 19.1. The summed E-state index contributed by atoms with van der Waals surface area (Å²) in [6, 6.07) is 0. The molecule has 5 heteroatoms. The molecule has 2 bridgehead atoms. The Hall–Kier alpha value is -1.10. The predicted octanol–water partition coefficient (Wildman–Crippen LogP) is 4.66. The lowest BCUT2D eigenvalue weighted by Crippen LogP contribution is -2.59. The molecule has 5 fully saturated rings. The van der Waals surface area contributed by atoms with E-state index in [9.17, 15) is 9.59 Å². The summed E-state index contributed by atoms with van der Waals surface area (Å²) in [5.74, 6) is 0.691. The van der Waals surface area contributed by atoms with E-state index in [1.807, 2.05) is 0 Å². The normalized spacial score (nSPS) is 50.7. The molecule has 0 amide bonds. The summed E-state index contributed by atoms with van der Waals surface area (Å²) in [5.41, 5.74) is 1.15. The SMILES string of the molecule is COC(=O)CCC(=O)OC[C@]1(C)CCC[C@]2(C)[C@@H]1CC[C@]13C[C@](C)(CC[C@@H]21)[C@H]1O[C@H]13. The summed E-state index contributed by atoms with van der Waals surface area (Å²) in [4.78, 5) is 23.6. The van der Waals surface area contributed by atoms with Crippen molar-refractivity contribution in [2.75, 3.05) is 13.7 Å². The second-order valence-electron chi connectivity index (χ2n) is 12.0. The third-order valence-corrected chi connectivity index (χ3v) is 10.3. The maximum Gasteiger partial charge on any atom is 0.306 e. The molecule has 5 aliphatic rings. The van der Waals surface area contributed by atoms with Gasteiger partial charge in [-0.25, -0.2) is 0 Å². The van der Waals surface area contributed by atoms with E-state index in [1.54, 1.807) is 0 Å². The Labute approximate surface area is 180 Å². The molecule has 0 aromatic carbocycles. The number of esters is 2. The molecule has 1 heterocycles. The topological polar surface area (TPSA) is 65.1 Å². The van der Waals surface area contributed by atoms with E-state index in [0.717, 1.165) is 12.3 Å². The molecule has 0 aromatic heterocycles. The van der Waals surface area contributed by atoms with Gasteiger partial charge in [0, 0.05) is 10.8 Å². The van der Waals surface area contributed by atoms with Crippen molar-refractivity contribution in [3.05, 3.63) is 0 Å². The fourth-order valence-corrected chi connectivity index (χ4v) is 9.06. The van der Waals surface area contributed by atoms with Crippen molar-refractivity contribution in [2.45, 2.75) is 97.2 Å². The van der Waals surface area contributed by atoms with Crippen LogP contribution in [-0.4, -0.2) is 37.9 Å². The van der Waals surface area contributed by atoms with Crippen LogP contribution in [0.1, 0.15) is 85.0 Å². The molecule has 4 saturated carbocycles. The van der Waals surface area contributed by atoms with Crippen LogP contribution in [0.3, 0.4) is 0 Å². The Morgan fingerprint density at radius 2 is 1.67 bits per heavy atom. The van der Waals surface area contributed by atoms with Crippen LogP contribution in [0.25, 0.3) is 0 Å². The molecule has 0 aromatic rings. The average molecular weight is 419 g/mol. The van der Waals surface area contributed by atoms with Crippen molar-refractivity contribution < 1.29 is 23.8 Å². The molecule has 168 valence electrons. The minimum Gasteiger partial charge on any atom is -0.469 e. The van der Waals surface area contributed by atoms with Gasteiger partial charge in [-0.1, -0.05) is 27.2 Å². The molecule has 0 radical (unpaired) electrons. The monoisotopic (exact) mass is 418 g/mol. The molecule has 30 heavy (non-hydrogen) atoms. The molecule has 1 spiro atoms. The van der Waals surface area contributed by atoms with E-state index >= 15 is 0 Å². The highest BCUT2D eigenvalue weighted by molar-refractivity contribution is 5.77. The van der Waals surface area contributed by atoms with Gasteiger partial charge in [-0.05, 0) is 67.6 Å². The minimum atomic E-state index is -0.359. The highest BCUT2D eigenvalue weighted by Gasteiger charge is 2.77. The van der Waals surface area contributed by atoms with Crippen molar-refractivity contribution in [2.24, 2.45) is 33.5 Å². The number of ether oxygens (including phenoxy) is 3. The first-order chi connectivity index (χ1) is 14.2. The Morgan fingerprint density at radius 3 is 2.43 bits per heavy atom. The van der Waals surface area contributed by atoms with E-state index in [2.05, 4.69) is 25.5 Å². The van der Waals surface area contributed by atoms with Crippen LogP contribution in [0, 0.1) is 33.5 Å². The smallest absolute Gasteiger partial charge is 0.306 e. The van der Waals surface area contributed by atoms with Crippen LogP contribution in [0.4, 0.5) is 0 Å². The van der Waals surface area contributed by atoms with Gasteiger partial charge >= 0.3 is 11.9 Å². The molecule has 8 atom stereocenters.